The Morgan fingerprint density at radius 1 is 0.259 bits per heavy atom. The maximum atomic E-state index is 12.9. The van der Waals surface area contributed by atoms with Crippen LogP contribution in [0.5, 0.6) is 0 Å². The highest BCUT2D eigenvalue weighted by atomic mass is 16.6. The summed E-state index contributed by atoms with van der Waals surface area (Å²) < 4.78 is 16.9. The molecule has 0 rings (SSSR count). The van der Waals surface area contributed by atoms with Crippen molar-refractivity contribution in [1.82, 2.24) is 0 Å². The van der Waals surface area contributed by atoms with Crippen LogP contribution in [0.3, 0.4) is 0 Å². The molecule has 0 radical (unpaired) electrons. The number of hydrogen-bond donors (Lipinski definition) is 0. The lowest BCUT2D eigenvalue weighted by Gasteiger charge is -2.18. The van der Waals surface area contributed by atoms with Crippen molar-refractivity contribution >= 4 is 17.9 Å². The summed E-state index contributed by atoms with van der Waals surface area (Å²) >= 11 is 0. The third-order valence-corrected chi connectivity index (χ3v) is 13.8. The van der Waals surface area contributed by atoms with Gasteiger partial charge in [-0.3, -0.25) is 14.4 Å². The molecule has 0 amide bonds. The Labute approximate surface area is 499 Å². The summed E-state index contributed by atoms with van der Waals surface area (Å²) in [5.74, 6) is -0.946. The number of carbonyl (C=O) groups is 3. The van der Waals surface area contributed by atoms with Gasteiger partial charge in [0.1, 0.15) is 13.2 Å². The van der Waals surface area contributed by atoms with E-state index in [-0.39, 0.29) is 37.5 Å². The molecule has 0 aliphatic carbocycles. The summed E-state index contributed by atoms with van der Waals surface area (Å²) in [6.45, 7) is 6.37. The molecule has 1 unspecified atom stereocenters. The van der Waals surface area contributed by atoms with Crippen molar-refractivity contribution in [2.45, 2.75) is 297 Å². The molecule has 0 saturated carbocycles. The largest absolute Gasteiger partial charge is 0.462 e. The van der Waals surface area contributed by atoms with Gasteiger partial charge in [0.2, 0.25) is 0 Å². The molecule has 0 saturated heterocycles. The molecular formula is C75H122O6. The van der Waals surface area contributed by atoms with Crippen molar-refractivity contribution in [2.75, 3.05) is 13.2 Å². The molecule has 81 heavy (non-hydrogen) atoms. The fourth-order valence-corrected chi connectivity index (χ4v) is 8.88. The predicted molar refractivity (Wildman–Crippen MR) is 352 cm³/mol. The van der Waals surface area contributed by atoms with Crippen molar-refractivity contribution in [3.05, 3.63) is 146 Å². The number of esters is 3. The minimum atomic E-state index is -0.809. The van der Waals surface area contributed by atoms with Gasteiger partial charge in [-0.05, 0) is 141 Å². The van der Waals surface area contributed by atoms with E-state index in [2.05, 4.69) is 167 Å². The molecule has 0 spiro atoms. The highest BCUT2D eigenvalue weighted by Crippen LogP contribution is 2.15. The molecule has 6 heteroatoms. The van der Waals surface area contributed by atoms with Crippen LogP contribution in [0.1, 0.15) is 290 Å². The van der Waals surface area contributed by atoms with E-state index in [9.17, 15) is 14.4 Å². The summed E-state index contributed by atoms with van der Waals surface area (Å²) in [7, 11) is 0. The summed E-state index contributed by atoms with van der Waals surface area (Å²) in [4.78, 5) is 38.4. The van der Waals surface area contributed by atoms with Crippen molar-refractivity contribution in [3.8, 4) is 0 Å². The van der Waals surface area contributed by atoms with Gasteiger partial charge in [-0.1, -0.05) is 276 Å². The van der Waals surface area contributed by atoms with Gasteiger partial charge in [0, 0.05) is 19.3 Å². The van der Waals surface area contributed by atoms with Crippen LogP contribution in [-0.2, 0) is 28.6 Å². The average molecular weight is 1120 g/mol. The molecule has 0 fully saturated rings. The molecule has 458 valence electrons. The first-order valence-electron chi connectivity index (χ1n) is 33.3. The zero-order chi connectivity index (χ0) is 58.5. The van der Waals surface area contributed by atoms with Crippen LogP contribution in [0.25, 0.3) is 0 Å². The molecule has 0 aromatic carbocycles. The van der Waals surface area contributed by atoms with Crippen molar-refractivity contribution in [1.29, 1.82) is 0 Å². The number of carbonyl (C=O) groups excluding carboxylic acids is 3. The first-order valence-corrected chi connectivity index (χ1v) is 33.3. The quantitative estimate of drug-likeness (QED) is 0.0261. The van der Waals surface area contributed by atoms with Crippen molar-refractivity contribution < 1.29 is 28.6 Å². The van der Waals surface area contributed by atoms with Crippen LogP contribution < -0.4 is 0 Å². The van der Waals surface area contributed by atoms with Gasteiger partial charge in [-0.15, -0.1) is 0 Å². The van der Waals surface area contributed by atoms with E-state index >= 15 is 0 Å². The fourth-order valence-electron chi connectivity index (χ4n) is 8.88. The van der Waals surface area contributed by atoms with Crippen molar-refractivity contribution in [3.63, 3.8) is 0 Å². The summed E-state index contributed by atoms with van der Waals surface area (Å²) in [5.41, 5.74) is 0. The van der Waals surface area contributed by atoms with E-state index in [1.54, 1.807) is 0 Å². The lowest BCUT2D eigenvalue weighted by Crippen LogP contribution is -2.30. The molecule has 0 aliphatic rings. The molecule has 0 heterocycles. The Bertz CT molecular complexity index is 1760. The molecule has 0 aromatic heterocycles. The zero-order valence-electron chi connectivity index (χ0n) is 52.5. The Balaban J connectivity index is 4.45. The van der Waals surface area contributed by atoms with Gasteiger partial charge in [0.15, 0.2) is 6.10 Å². The molecule has 6 nitrogen and oxygen atoms in total. The van der Waals surface area contributed by atoms with E-state index in [1.165, 1.54) is 89.9 Å². The molecule has 1 atom stereocenters. The molecule has 0 aliphatic heterocycles. The van der Waals surface area contributed by atoms with Gasteiger partial charge in [0.05, 0.1) is 0 Å². The molecule has 0 bridgehead atoms. The van der Waals surface area contributed by atoms with Crippen LogP contribution in [-0.4, -0.2) is 37.2 Å². The number of ether oxygens (including phenoxy) is 3. The second-order valence-corrected chi connectivity index (χ2v) is 21.6. The number of rotatable bonds is 59. The second-order valence-electron chi connectivity index (χ2n) is 21.6. The number of hydrogen-bond acceptors (Lipinski definition) is 6. The third kappa shape index (κ3) is 66.0. The van der Waals surface area contributed by atoms with Crippen molar-refractivity contribution in [2.24, 2.45) is 0 Å². The van der Waals surface area contributed by atoms with Crippen LogP contribution >= 0.6 is 0 Å². The molecule has 0 N–H and O–H groups in total. The zero-order valence-corrected chi connectivity index (χ0v) is 52.5. The van der Waals surface area contributed by atoms with E-state index in [0.717, 1.165) is 161 Å². The third-order valence-electron chi connectivity index (χ3n) is 13.8. The minimum absolute atomic E-state index is 0.101. The SMILES string of the molecule is CC/C=C\C/C=C\C/C=C\C/C=C\C/C=C\C/C=C\CCCCCCC(=O)OC(COC(=O)CCCCCCC/C=C\C/C=C\C/C=C\CC)COC(=O)CCCCCCCCCCCC/C=C\C/C=C\C/C=C\CCCCCCC. The molecular weight excluding hydrogens is 997 g/mol. The first-order chi connectivity index (χ1) is 40.0. The highest BCUT2D eigenvalue weighted by Gasteiger charge is 2.19. The molecule has 0 aromatic rings. The van der Waals surface area contributed by atoms with Gasteiger partial charge in [0.25, 0.3) is 0 Å². The number of unbranched alkanes of at least 4 members (excludes halogenated alkanes) is 24. The van der Waals surface area contributed by atoms with Gasteiger partial charge in [-0.25, -0.2) is 0 Å². The van der Waals surface area contributed by atoms with Crippen LogP contribution in [0.4, 0.5) is 0 Å². The normalized spacial score (nSPS) is 13.1. The van der Waals surface area contributed by atoms with Crippen LogP contribution in [0.15, 0.2) is 146 Å². The maximum Gasteiger partial charge on any atom is 0.306 e. The average Bonchev–Trinajstić information content (AvgIpc) is 3.47. The topological polar surface area (TPSA) is 78.9 Å². The monoisotopic (exact) mass is 1120 g/mol. The van der Waals surface area contributed by atoms with E-state index < -0.39 is 6.10 Å². The van der Waals surface area contributed by atoms with Gasteiger partial charge >= 0.3 is 17.9 Å². The smallest absolute Gasteiger partial charge is 0.306 e. The lowest BCUT2D eigenvalue weighted by molar-refractivity contribution is -0.167. The summed E-state index contributed by atoms with van der Waals surface area (Å²) in [6, 6.07) is 0. The minimum Gasteiger partial charge on any atom is -0.462 e. The first kappa shape index (κ1) is 76.3. The Morgan fingerprint density at radius 2 is 0.481 bits per heavy atom. The Hall–Kier alpha value is -4.71. The highest BCUT2D eigenvalue weighted by molar-refractivity contribution is 5.71. The maximum absolute atomic E-state index is 12.9. The predicted octanol–water partition coefficient (Wildman–Crippen LogP) is 23.1. The Kier molecular flexibility index (Phi) is 63.9. The fraction of sp³-hybridized carbons (Fsp3) is 0.640. The summed E-state index contributed by atoms with van der Waals surface area (Å²) in [5, 5.41) is 0. The van der Waals surface area contributed by atoms with Crippen LogP contribution in [0.2, 0.25) is 0 Å². The summed E-state index contributed by atoms with van der Waals surface area (Å²) in [6.07, 6.45) is 97.1. The van der Waals surface area contributed by atoms with E-state index in [4.69, 9.17) is 14.2 Å². The standard InChI is InChI=1S/C75H122O6/c1-4-7-10-13-16-19-22-25-28-30-32-34-36-37-39-40-42-44-47-50-53-56-59-62-65-68-74(77)80-71-72(70-79-73(76)67-64-61-58-55-52-49-46-27-24-21-18-15-12-9-6-3)81-75(78)69-66-63-60-57-54-51-48-45-43-41-38-35-33-31-29-26-23-20-17-14-11-8-5-2/h8-9,11-12,17-18,20-22,25-27,29-30,32-33,35-37,41,43,46,48,51,72H,4-7,10,13-16,19,23-24,28,31,34,38-40,42,44-45,47,49-50,52-71H2,1-3H3/b11-8-,12-9-,20-17-,21-18-,25-22-,29-26-,32-30-,35-33-,37-36-,43-41-,46-27-,51-48-. The van der Waals surface area contributed by atoms with Gasteiger partial charge < -0.3 is 14.2 Å². The second kappa shape index (κ2) is 67.8. The number of allylic oxidation sites excluding steroid dienone is 24. The lowest BCUT2D eigenvalue weighted by atomic mass is 10.1. The van der Waals surface area contributed by atoms with E-state index in [1.807, 2.05) is 0 Å². The Morgan fingerprint density at radius 3 is 0.753 bits per heavy atom. The van der Waals surface area contributed by atoms with E-state index in [0.29, 0.717) is 12.8 Å². The van der Waals surface area contributed by atoms with Crippen LogP contribution in [0, 0.1) is 0 Å². The van der Waals surface area contributed by atoms with Gasteiger partial charge in [-0.2, -0.15) is 0 Å².